The molecule has 0 fully saturated rings. The second-order valence-electron chi connectivity index (χ2n) is 4.44. The van der Waals surface area contributed by atoms with E-state index in [1.165, 1.54) is 5.56 Å². The number of hydrogen-bond acceptors (Lipinski definition) is 4. The molecule has 0 bridgehead atoms. The number of nitrogens with two attached hydrogens (primary N) is 1. The predicted molar refractivity (Wildman–Crippen MR) is 74.7 cm³/mol. The molecule has 0 unspecified atom stereocenters. The van der Waals surface area contributed by atoms with E-state index < -0.39 is 0 Å². The van der Waals surface area contributed by atoms with Gasteiger partial charge in [0.25, 0.3) is 0 Å². The van der Waals surface area contributed by atoms with E-state index in [0.29, 0.717) is 0 Å². The fourth-order valence-electron chi connectivity index (χ4n) is 1.73. The van der Waals surface area contributed by atoms with Crippen molar-refractivity contribution in [2.45, 2.75) is 36.9 Å². The first-order valence-electron chi connectivity index (χ1n) is 5.89. The number of hydrogen-bond donors (Lipinski definition) is 1. The number of nitrogens with zero attached hydrogens (tertiary/aromatic N) is 2. The number of pyridine rings is 2. The van der Waals surface area contributed by atoms with Crippen molar-refractivity contribution < 1.29 is 0 Å². The van der Waals surface area contributed by atoms with Crippen LogP contribution in [0, 0.1) is 13.8 Å². The van der Waals surface area contributed by atoms with Crippen LogP contribution in [-0.4, -0.2) is 9.97 Å². The van der Waals surface area contributed by atoms with Crippen molar-refractivity contribution in [3.05, 3.63) is 47.3 Å². The first-order valence-corrected chi connectivity index (χ1v) is 6.71. The minimum absolute atomic E-state index is 0.0274. The van der Waals surface area contributed by atoms with Crippen molar-refractivity contribution in [2.75, 3.05) is 0 Å². The molecule has 0 radical (unpaired) electrons. The number of aromatic nitrogens is 2. The molecule has 1 atom stereocenters. The van der Waals surface area contributed by atoms with Crippen LogP contribution < -0.4 is 5.73 Å². The van der Waals surface area contributed by atoms with Crippen molar-refractivity contribution in [2.24, 2.45) is 5.73 Å². The molecule has 2 aromatic rings. The minimum atomic E-state index is 0.0274. The van der Waals surface area contributed by atoms with Crippen LogP contribution in [0.3, 0.4) is 0 Å². The van der Waals surface area contributed by atoms with Gasteiger partial charge in [0, 0.05) is 17.9 Å². The molecule has 2 rings (SSSR count). The molecule has 0 aromatic carbocycles. The highest BCUT2D eigenvalue weighted by Gasteiger charge is 2.05. The van der Waals surface area contributed by atoms with Gasteiger partial charge in [-0.15, -0.1) is 0 Å². The minimum Gasteiger partial charge on any atom is -0.324 e. The third kappa shape index (κ3) is 3.31. The first kappa shape index (κ1) is 13.1. The van der Waals surface area contributed by atoms with Crippen molar-refractivity contribution in [3.63, 3.8) is 0 Å². The topological polar surface area (TPSA) is 51.8 Å². The number of rotatable bonds is 3. The van der Waals surface area contributed by atoms with Crippen LogP contribution in [0.2, 0.25) is 0 Å². The van der Waals surface area contributed by atoms with Gasteiger partial charge >= 0.3 is 0 Å². The van der Waals surface area contributed by atoms with Crippen LogP contribution in [0.5, 0.6) is 0 Å². The van der Waals surface area contributed by atoms with E-state index in [9.17, 15) is 0 Å². The average Bonchev–Trinajstić information content (AvgIpc) is 2.27. The maximum atomic E-state index is 5.87. The summed E-state index contributed by atoms with van der Waals surface area (Å²) >= 11 is 1.57. The first-order chi connectivity index (χ1) is 8.54. The molecule has 2 aromatic heterocycles. The molecule has 0 amide bonds. The molecule has 0 saturated carbocycles. The quantitative estimate of drug-likeness (QED) is 0.919. The molecule has 4 heteroatoms. The largest absolute Gasteiger partial charge is 0.324 e. The van der Waals surface area contributed by atoms with Gasteiger partial charge in [-0.2, -0.15) is 0 Å². The Morgan fingerprint density at radius 2 is 1.94 bits per heavy atom. The molecule has 0 aliphatic heterocycles. The van der Waals surface area contributed by atoms with E-state index in [0.717, 1.165) is 21.3 Å². The van der Waals surface area contributed by atoms with E-state index in [2.05, 4.69) is 29.0 Å². The third-order valence-corrected chi connectivity index (χ3v) is 3.42. The van der Waals surface area contributed by atoms with E-state index in [4.69, 9.17) is 5.73 Å². The zero-order valence-electron chi connectivity index (χ0n) is 10.8. The Kier molecular flexibility index (Phi) is 3.99. The van der Waals surface area contributed by atoms with Gasteiger partial charge in [0.15, 0.2) is 0 Å². The second-order valence-corrected chi connectivity index (χ2v) is 5.48. The maximum Gasteiger partial charge on any atom is 0.103 e. The van der Waals surface area contributed by atoms with Gasteiger partial charge in [-0.3, -0.25) is 0 Å². The van der Waals surface area contributed by atoms with Gasteiger partial charge in [0.2, 0.25) is 0 Å². The van der Waals surface area contributed by atoms with Gasteiger partial charge in [-0.05, 0) is 56.2 Å². The van der Waals surface area contributed by atoms with E-state index >= 15 is 0 Å². The second kappa shape index (κ2) is 5.50. The molecule has 18 heavy (non-hydrogen) atoms. The average molecular weight is 259 g/mol. The SMILES string of the molecule is Cc1cc(C)nc(Sc2cc([C@H](C)N)ccn2)c1. The molecule has 0 spiro atoms. The summed E-state index contributed by atoms with van der Waals surface area (Å²) in [6.45, 7) is 6.05. The summed E-state index contributed by atoms with van der Waals surface area (Å²) in [6, 6.07) is 8.13. The Labute approximate surface area is 112 Å². The zero-order chi connectivity index (χ0) is 13.1. The van der Waals surface area contributed by atoms with Crippen molar-refractivity contribution >= 4 is 11.8 Å². The lowest BCUT2D eigenvalue weighted by Crippen LogP contribution is -2.05. The highest BCUT2D eigenvalue weighted by Crippen LogP contribution is 2.26. The van der Waals surface area contributed by atoms with Crippen LogP contribution in [0.1, 0.15) is 29.8 Å². The zero-order valence-corrected chi connectivity index (χ0v) is 11.7. The number of aryl methyl sites for hydroxylation is 2. The van der Waals surface area contributed by atoms with Crippen molar-refractivity contribution in [3.8, 4) is 0 Å². The van der Waals surface area contributed by atoms with Crippen LogP contribution in [0.4, 0.5) is 0 Å². The molecular formula is C14H17N3S. The van der Waals surface area contributed by atoms with Crippen molar-refractivity contribution in [1.82, 2.24) is 9.97 Å². The third-order valence-electron chi connectivity index (χ3n) is 2.57. The maximum absolute atomic E-state index is 5.87. The normalized spacial score (nSPS) is 12.4. The molecular weight excluding hydrogens is 242 g/mol. The van der Waals surface area contributed by atoms with Crippen LogP contribution >= 0.6 is 11.8 Å². The molecule has 0 aliphatic carbocycles. The predicted octanol–water partition coefficient (Wildman–Crippen LogP) is 3.26. The molecule has 2 N–H and O–H groups in total. The Morgan fingerprint density at radius 1 is 1.17 bits per heavy atom. The highest BCUT2D eigenvalue weighted by atomic mass is 32.2. The van der Waals surface area contributed by atoms with Gasteiger partial charge < -0.3 is 5.73 Å². The Morgan fingerprint density at radius 3 is 2.61 bits per heavy atom. The fraction of sp³-hybridized carbons (Fsp3) is 0.286. The van der Waals surface area contributed by atoms with Gasteiger partial charge in [0.1, 0.15) is 10.1 Å². The fourth-order valence-corrected chi connectivity index (χ4v) is 2.68. The summed E-state index contributed by atoms with van der Waals surface area (Å²) in [5, 5.41) is 1.91. The summed E-state index contributed by atoms with van der Waals surface area (Å²) in [7, 11) is 0. The summed E-state index contributed by atoms with van der Waals surface area (Å²) in [5.41, 5.74) is 9.21. The summed E-state index contributed by atoms with van der Waals surface area (Å²) in [6.07, 6.45) is 1.80. The Bertz CT molecular complexity index is 532. The van der Waals surface area contributed by atoms with Crippen molar-refractivity contribution in [1.29, 1.82) is 0 Å². The monoisotopic (exact) mass is 259 g/mol. The van der Waals surface area contributed by atoms with Crippen LogP contribution in [-0.2, 0) is 0 Å². The molecule has 0 aliphatic rings. The molecule has 2 heterocycles. The van der Waals surface area contributed by atoms with Gasteiger partial charge in [-0.25, -0.2) is 9.97 Å². The summed E-state index contributed by atoms with van der Waals surface area (Å²) in [4.78, 5) is 8.84. The Hall–Kier alpha value is -1.39. The lowest BCUT2D eigenvalue weighted by Gasteiger charge is -2.07. The summed E-state index contributed by atoms with van der Waals surface area (Å²) < 4.78 is 0. The van der Waals surface area contributed by atoms with Gasteiger partial charge in [0.05, 0.1) is 0 Å². The lowest BCUT2D eigenvalue weighted by atomic mass is 10.1. The summed E-state index contributed by atoms with van der Waals surface area (Å²) in [5.74, 6) is 0. The van der Waals surface area contributed by atoms with E-state index in [-0.39, 0.29) is 6.04 Å². The Balaban J connectivity index is 2.25. The van der Waals surface area contributed by atoms with E-state index in [1.807, 2.05) is 26.0 Å². The molecule has 94 valence electrons. The molecule has 3 nitrogen and oxygen atoms in total. The van der Waals surface area contributed by atoms with Gasteiger partial charge in [-0.1, -0.05) is 11.8 Å². The standard InChI is InChI=1S/C14H17N3S/c1-9-6-10(2)17-14(7-9)18-13-8-12(11(3)15)4-5-16-13/h4-8,11H,15H2,1-3H3/t11-/m0/s1. The van der Waals surface area contributed by atoms with Crippen LogP contribution in [0.15, 0.2) is 40.5 Å². The van der Waals surface area contributed by atoms with E-state index in [1.54, 1.807) is 18.0 Å². The highest BCUT2D eigenvalue weighted by molar-refractivity contribution is 7.99. The molecule has 0 saturated heterocycles. The lowest BCUT2D eigenvalue weighted by molar-refractivity contribution is 0.808. The smallest absolute Gasteiger partial charge is 0.103 e. The van der Waals surface area contributed by atoms with Crippen LogP contribution in [0.25, 0.3) is 0 Å².